The molecule has 1 heterocycles. The molecule has 2 aliphatic rings. The number of carbonyl (C=O) groups excluding carboxylic acids is 1. The molecule has 1 aliphatic heterocycles. The van der Waals surface area contributed by atoms with Crippen molar-refractivity contribution in [2.45, 2.75) is 57.6 Å². The lowest BCUT2D eigenvalue weighted by atomic mass is 9.90. The van der Waals surface area contributed by atoms with E-state index in [2.05, 4.69) is 23.5 Å². The first kappa shape index (κ1) is 16.5. The molecule has 0 unspecified atom stereocenters. The highest BCUT2D eigenvalue weighted by Gasteiger charge is 2.14. The molecule has 0 bridgehead atoms. The minimum absolute atomic E-state index is 0.0569. The zero-order chi connectivity index (χ0) is 15.9. The van der Waals surface area contributed by atoms with Gasteiger partial charge in [-0.2, -0.15) is 0 Å². The molecule has 4 heteroatoms. The van der Waals surface area contributed by atoms with Gasteiger partial charge in [0.1, 0.15) is 6.61 Å². The van der Waals surface area contributed by atoms with Gasteiger partial charge < -0.3 is 14.8 Å². The maximum Gasteiger partial charge on any atom is 0.246 e. The number of ether oxygens (including phenoxy) is 2. The number of carbonyl (C=O) groups is 1. The van der Waals surface area contributed by atoms with Crippen LogP contribution >= 0.6 is 0 Å². The van der Waals surface area contributed by atoms with Gasteiger partial charge >= 0.3 is 0 Å². The monoisotopic (exact) mass is 317 g/mol. The van der Waals surface area contributed by atoms with Crippen molar-refractivity contribution in [1.29, 1.82) is 0 Å². The van der Waals surface area contributed by atoms with Crippen molar-refractivity contribution in [3.8, 4) is 0 Å². The number of hydrogen-bond donors (Lipinski definition) is 1. The second kappa shape index (κ2) is 8.46. The van der Waals surface area contributed by atoms with Gasteiger partial charge in [0, 0.05) is 13.2 Å². The van der Waals surface area contributed by atoms with Crippen LogP contribution in [-0.4, -0.2) is 31.8 Å². The highest BCUT2D eigenvalue weighted by molar-refractivity contribution is 5.77. The van der Waals surface area contributed by atoms with Crippen molar-refractivity contribution in [2.75, 3.05) is 19.8 Å². The molecule has 126 valence electrons. The molecule has 0 radical (unpaired) electrons. The topological polar surface area (TPSA) is 47.6 Å². The van der Waals surface area contributed by atoms with E-state index in [-0.39, 0.29) is 18.6 Å². The van der Waals surface area contributed by atoms with Gasteiger partial charge in [0.15, 0.2) is 0 Å². The third-order valence-electron chi connectivity index (χ3n) is 4.71. The molecule has 4 nitrogen and oxygen atoms in total. The molecule has 1 aliphatic carbocycles. The summed E-state index contributed by atoms with van der Waals surface area (Å²) < 4.78 is 11.1. The zero-order valence-electron chi connectivity index (χ0n) is 13.8. The average molecular weight is 317 g/mol. The summed E-state index contributed by atoms with van der Waals surface area (Å²) in [5, 5.41) is 2.94. The van der Waals surface area contributed by atoms with Crippen molar-refractivity contribution < 1.29 is 14.3 Å². The van der Waals surface area contributed by atoms with Gasteiger partial charge in [0.2, 0.25) is 5.91 Å². The van der Waals surface area contributed by atoms with E-state index in [0.717, 1.165) is 19.4 Å². The van der Waals surface area contributed by atoms with Gasteiger partial charge in [-0.25, -0.2) is 0 Å². The maximum atomic E-state index is 11.9. The molecular weight excluding hydrogens is 290 g/mol. The number of aryl methyl sites for hydroxylation is 2. The molecule has 1 saturated heterocycles. The summed E-state index contributed by atoms with van der Waals surface area (Å²) in [6.07, 6.45) is 8.47. The van der Waals surface area contributed by atoms with E-state index >= 15 is 0 Å². The smallest absolute Gasteiger partial charge is 0.246 e. The fraction of sp³-hybridized carbons (Fsp3) is 0.632. The Morgan fingerprint density at radius 3 is 2.87 bits per heavy atom. The molecule has 1 aromatic carbocycles. The average Bonchev–Trinajstić information content (AvgIpc) is 2.61. The summed E-state index contributed by atoms with van der Waals surface area (Å²) in [6, 6.07) is 6.58. The number of rotatable bonds is 6. The van der Waals surface area contributed by atoms with E-state index in [9.17, 15) is 4.79 Å². The van der Waals surface area contributed by atoms with Gasteiger partial charge in [0.05, 0.1) is 12.7 Å². The summed E-state index contributed by atoms with van der Waals surface area (Å²) in [4.78, 5) is 11.9. The fourth-order valence-corrected chi connectivity index (χ4v) is 3.37. The normalized spacial score (nSPS) is 20.8. The van der Waals surface area contributed by atoms with Crippen molar-refractivity contribution in [1.82, 2.24) is 5.32 Å². The summed E-state index contributed by atoms with van der Waals surface area (Å²) in [5.41, 5.74) is 4.10. The summed E-state index contributed by atoms with van der Waals surface area (Å²) in [5.74, 6) is -0.0569. The Bertz CT molecular complexity index is 523. The Balaban J connectivity index is 1.37. The van der Waals surface area contributed by atoms with Gasteiger partial charge in [-0.15, -0.1) is 0 Å². The van der Waals surface area contributed by atoms with Crippen LogP contribution in [0.15, 0.2) is 18.2 Å². The lowest BCUT2D eigenvalue weighted by Gasteiger charge is -2.22. The molecule has 0 saturated carbocycles. The van der Waals surface area contributed by atoms with Crippen molar-refractivity contribution in [2.24, 2.45) is 0 Å². The van der Waals surface area contributed by atoms with Crippen LogP contribution in [0, 0.1) is 0 Å². The van der Waals surface area contributed by atoms with Crippen LogP contribution in [0.1, 0.15) is 48.8 Å². The summed E-state index contributed by atoms with van der Waals surface area (Å²) in [6.45, 7) is 2.03. The molecule has 1 atom stereocenters. The lowest BCUT2D eigenvalue weighted by Crippen LogP contribution is -2.30. The van der Waals surface area contributed by atoms with Crippen LogP contribution in [0.3, 0.4) is 0 Å². The van der Waals surface area contributed by atoms with Gasteiger partial charge in [-0.05, 0) is 61.6 Å². The van der Waals surface area contributed by atoms with Crippen LogP contribution in [-0.2, 0) is 33.7 Å². The molecule has 3 rings (SSSR count). The number of nitrogens with one attached hydrogen (secondary N) is 1. The van der Waals surface area contributed by atoms with E-state index < -0.39 is 0 Å². The molecule has 1 N–H and O–H groups in total. The Morgan fingerprint density at radius 1 is 1.17 bits per heavy atom. The third kappa shape index (κ3) is 5.05. The van der Waals surface area contributed by atoms with E-state index in [0.29, 0.717) is 13.2 Å². The summed E-state index contributed by atoms with van der Waals surface area (Å²) >= 11 is 0. The highest BCUT2D eigenvalue weighted by atomic mass is 16.5. The molecular formula is C19H27NO3. The van der Waals surface area contributed by atoms with Crippen LogP contribution in [0.25, 0.3) is 0 Å². The number of benzene rings is 1. The Morgan fingerprint density at radius 2 is 2.04 bits per heavy atom. The largest absolute Gasteiger partial charge is 0.376 e. The Labute approximate surface area is 138 Å². The highest BCUT2D eigenvalue weighted by Crippen LogP contribution is 2.22. The van der Waals surface area contributed by atoms with E-state index in [1.54, 1.807) is 0 Å². The second-order valence-corrected chi connectivity index (χ2v) is 6.59. The van der Waals surface area contributed by atoms with E-state index in [1.807, 2.05) is 0 Å². The van der Waals surface area contributed by atoms with Crippen molar-refractivity contribution in [3.05, 3.63) is 34.9 Å². The summed E-state index contributed by atoms with van der Waals surface area (Å²) in [7, 11) is 0. The number of hydrogen-bond acceptors (Lipinski definition) is 3. The first-order chi connectivity index (χ1) is 11.3. The van der Waals surface area contributed by atoms with Crippen LogP contribution in [0.2, 0.25) is 0 Å². The molecule has 1 amide bonds. The minimum Gasteiger partial charge on any atom is -0.376 e. The maximum absolute atomic E-state index is 11.9. The second-order valence-electron chi connectivity index (χ2n) is 6.59. The van der Waals surface area contributed by atoms with Gasteiger partial charge in [-0.1, -0.05) is 18.2 Å². The predicted molar refractivity (Wildman–Crippen MR) is 89.3 cm³/mol. The van der Waals surface area contributed by atoms with E-state index in [1.165, 1.54) is 48.8 Å². The van der Waals surface area contributed by atoms with Crippen molar-refractivity contribution in [3.63, 3.8) is 0 Å². The predicted octanol–water partition coefficient (Wildman–Crippen LogP) is 2.77. The third-order valence-corrected chi connectivity index (χ3v) is 4.71. The number of amides is 1. The molecule has 1 aromatic rings. The van der Waals surface area contributed by atoms with Gasteiger partial charge in [-0.3, -0.25) is 4.79 Å². The standard InChI is InChI=1S/C19H27NO3/c21-19(14-22-13-18-7-3-4-10-23-18)20-12-15-8-9-16-5-1-2-6-17(16)11-15/h8-9,11,18H,1-7,10,12-14H2,(H,20,21)/t18-/m1/s1. The molecule has 0 spiro atoms. The Hall–Kier alpha value is -1.39. The number of fused-ring (bicyclic) bond motifs is 1. The zero-order valence-corrected chi connectivity index (χ0v) is 13.8. The van der Waals surface area contributed by atoms with Crippen molar-refractivity contribution >= 4 is 5.91 Å². The minimum atomic E-state index is -0.0569. The van der Waals surface area contributed by atoms with Crippen LogP contribution in [0.5, 0.6) is 0 Å². The molecule has 23 heavy (non-hydrogen) atoms. The van der Waals surface area contributed by atoms with Gasteiger partial charge in [0.25, 0.3) is 0 Å². The first-order valence-corrected chi connectivity index (χ1v) is 8.88. The Kier molecular flexibility index (Phi) is 6.06. The van der Waals surface area contributed by atoms with Crippen LogP contribution < -0.4 is 5.32 Å². The lowest BCUT2D eigenvalue weighted by molar-refractivity contribution is -0.128. The first-order valence-electron chi connectivity index (χ1n) is 8.88. The molecule has 0 aromatic heterocycles. The quantitative estimate of drug-likeness (QED) is 0.877. The van der Waals surface area contributed by atoms with E-state index in [4.69, 9.17) is 9.47 Å². The molecule has 1 fully saturated rings. The van der Waals surface area contributed by atoms with Crippen LogP contribution in [0.4, 0.5) is 0 Å². The fourth-order valence-electron chi connectivity index (χ4n) is 3.37. The SMILES string of the molecule is O=C(COC[C@H]1CCCCO1)NCc1ccc2c(c1)CCCC2.